The Kier molecular flexibility index (Phi) is 6.50. The van der Waals surface area contributed by atoms with Crippen LogP contribution >= 0.6 is 11.6 Å². The fourth-order valence-electron chi connectivity index (χ4n) is 3.37. The highest BCUT2D eigenvalue weighted by Gasteiger charge is 2.25. The first-order valence-corrected chi connectivity index (χ1v) is 8.58. The molecule has 3 heteroatoms. The summed E-state index contributed by atoms with van der Waals surface area (Å²) in [5, 5.41) is 4.28. The number of rotatable bonds is 7. The lowest BCUT2D eigenvalue weighted by Gasteiger charge is -2.25. The Morgan fingerprint density at radius 3 is 2.62 bits per heavy atom. The summed E-state index contributed by atoms with van der Waals surface area (Å²) < 4.78 is 13.5. The molecule has 0 radical (unpaired) electrons. The molecular formula is C18H27ClFN. The van der Waals surface area contributed by atoms with E-state index in [2.05, 4.69) is 19.2 Å². The predicted molar refractivity (Wildman–Crippen MR) is 88.3 cm³/mol. The Bertz CT molecular complexity index is 441. The molecule has 1 nitrogen and oxygen atoms in total. The third-order valence-corrected chi connectivity index (χ3v) is 4.88. The molecule has 1 saturated carbocycles. The van der Waals surface area contributed by atoms with E-state index in [0.717, 1.165) is 31.0 Å². The number of hydrogen-bond donors (Lipinski definition) is 1. The van der Waals surface area contributed by atoms with Crippen LogP contribution in [0.5, 0.6) is 0 Å². The lowest BCUT2D eigenvalue weighted by atomic mass is 9.85. The van der Waals surface area contributed by atoms with Gasteiger partial charge in [0.2, 0.25) is 0 Å². The first kappa shape index (κ1) is 16.8. The Balaban J connectivity index is 2.01. The van der Waals surface area contributed by atoms with Gasteiger partial charge in [0.15, 0.2) is 0 Å². The molecule has 0 aromatic heterocycles. The molecule has 0 aliphatic heterocycles. The molecule has 0 saturated heterocycles. The Hall–Kier alpha value is -0.600. The molecule has 1 aromatic carbocycles. The first-order valence-electron chi connectivity index (χ1n) is 8.21. The van der Waals surface area contributed by atoms with Gasteiger partial charge < -0.3 is 5.32 Å². The monoisotopic (exact) mass is 311 g/mol. The van der Waals surface area contributed by atoms with Crippen molar-refractivity contribution in [1.29, 1.82) is 0 Å². The van der Waals surface area contributed by atoms with Crippen molar-refractivity contribution in [3.63, 3.8) is 0 Å². The van der Waals surface area contributed by atoms with Crippen LogP contribution in [-0.4, -0.2) is 13.1 Å². The molecule has 118 valence electrons. The standard InChI is InChI=1S/C18H27ClFN/c1-13(2)11-21-12-16(14-5-3-4-6-14)9-15-10-17(20)7-8-18(15)19/h7-8,10,13-14,16,21H,3-6,9,11-12H2,1-2H3. The van der Waals surface area contributed by atoms with Crippen LogP contribution in [0.15, 0.2) is 18.2 Å². The van der Waals surface area contributed by atoms with Gasteiger partial charge in [-0.2, -0.15) is 0 Å². The smallest absolute Gasteiger partial charge is 0.123 e. The molecule has 1 N–H and O–H groups in total. The van der Waals surface area contributed by atoms with Gasteiger partial charge in [0.1, 0.15) is 5.82 Å². The van der Waals surface area contributed by atoms with E-state index < -0.39 is 0 Å². The van der Waals surface area contributed by atoms with Gasteiger partial charge in [-0.3, -0.25) is 0 Å². The van der Waals surface area contributed by atoms with Gasteiger partial charge in [0, 0.05) is 5.02 Å². The van der Waals surface area contributed by atoms with E-state index >= 15 is 0 Å². The van der Waals surface area contributed by atoms with Crippen molar-refractivity contribution in [2.24, 2.45) is 17.8 Å². The van der Waals surface area contributed by atoms with Gasteiger partial charge in [0.05, 0.1) is 0 Å². The molecule has 21 heavy (non-hydrogen) atoms. The van der Waals surface area contributed by atoms with Crippen molar-refractivity contribution < 1.29 is 4.39 Å². The van der Waals surface area contributed by atoms with E-state index in [0.29, 0.717) is 16.9 Å². The fourth-order valence-corrected chi connectivity index (χ4v) is 3.57. The zero-order chi connectivity index (χ0) is 15.2. The number of benzene rings is 1. The minimum atomic E-state index is -0.185. The zero-order valence-corrected chi connectivity index (χ0v) is 13.9. The Morgan fingerprint density at radius 2 is 1.95 bits per heavy atom. The minimum absolute atomic E-state index is 0.185. The number of halogens is 2. The van der Waals surface area contributed by atoms with Crippen molar-refractivity contribution in [3.05, 3.63) is 34.6 Å². The first-order chi connectivity index (χ1) is 10.1. The van der Waals surface area contributed by atoms with Crippen LogP contribution in [0.4, 0.5) is 4.39 Å². The van der Waals surface area contributed by atoms with Crippen molar-refractivity contribution in [1.82, 2.24) is 5.32 Å². The van der Waals surface area contributed by atoms with E-state index in [1.54, 1.807) is 12.1 Å². The van der Waals surface area contributed by atoms with Crippen molar-refractivity contribution in [2.75, 3.05) is 13.1 Å². The molecule has 1 aliphatic carbocycles. The summed E-state index contributed by atoms with van der Waals surface area (Å²) >= 11 is 6.24. The van der Waals surface area contributed by atoms with Crippen LogP contribution in [-0.2, 0) is 6.42 Å². The molecule has 0 spiro atoms. The summed E-state index contributed by atoms with van der Waals surface area (Å²) in [4.78, 5) is 0. The van der Waals surface area contributed by atoms with Gasteiger partial charge in [-0.15, -0.1) is 0 Å². The summed E-state index contributed by atoms with van der Waals surface area (Å²) in [5.74, 6) is 1.79. The maximum atomic E-state index is 13.5. The van der Waals surface area contributed by atoms with Gasteiger partial charge in [-0.1, -0.05) is 51.1 Å². The summed E-state index contributed by atoms with van der Waals surface area (Å²) in [6.07, 6.45) is 6.17. The summed E-state index contributed by atoms with van der Waals surface area (Å²) in [5.41, 5.74) is 0.958. The molecule has 1 aromatic rings. The van der Waals surface area contributed by atoms with Crippen LogP contribution in [0.1, 0.15) is 45.1 Å². The SMILES string of the molecule is CC(C)CNCC(Cc1cc(F)ccc1Cl)C1CCCC1. The molecule has 1 atom stereocenters. The van der Waals surface area contributed by atoms with E-state index in [1.165, 1.54) is 31.7 Å². The maximum Gasteiger partial charge on any atom is 0.123 e. The predicted octanol–water partition coefficient (Wildman–Crippen LogP) is 5.07. The minimum Gasteiger partial charge on any atom is -0.316 e. The van der Waals surface area contributed by atoms with Gasteiger partial charge in [0.25, 0.3) is 0 Å². The third kappa shape index (κ3) is 5.27. The second kappa shape index (κ2) is 8.14. The quantitative estimate of drug-likeness (QED) is 0.741. The lowest BCUT2D eigenvalue weighted by molar-refractivity contribution is 0.315. The second-order valence-electron chi connectivity index (χ2n) is 6.80. The number of nitrogens with one attached hydrogen (secondary N) is 1. The molecular weight excluding hydrogens is 285 g/mol. The van der Waals surface area contributed by atoms with Gasteiger partial charge >= 0.3 is 0 Å². The summed E-state index contributed by atoms with van der Waals surface area (Å²) in [7, 11) is 0. The maximum absolute atomic E-state index is 13.5. The van der Waals surface area contributed by atoms with E-state index in [9.17, 15) is 4.39 Å². The van der Waals surface area contributed by atoms with Crippen LogP contribution in [0, 0.1) is 23.6 Å². The van der Waals surface area contributed by atoms with Crippen molar-refractivity contribution >= 4 is 11.6 Å². The average Bonchev–Trinajstić information content (AvgIpc) is 2.95. The molecule has 0 amide bonds. The van der Waals surface area contributed by atoms with Crippen LogP contribution in [0.25, 0.3) is 0 Å². The lowest BCUT2D eigenvalue weighted by Crippen LogP contribution is -2.31. The summed E-state index contributed by atoms with van der Waals surface area (Å²) in [6, 6.07) is 4.72. The van der Waals surface area contributed by atoms with Gasteiger partial charge in [-0.05, 0) is 61.0 Å². The zero-order valence-electron chi connectivity index (χ0n) is 13.2. The van der Waals surface area contributed by atoms with Crippen molar-refractivity contribution in [2.45, 2.75) is 46.0 Å². The third-order valence-electron chi connectivity index (χ3n) is 4.52. The Morgan fingerprint density at radius 1 is 1.24 bits per heavy atom. The fraction of sp³-hybridized carbons (Fsp3) is 0.667. The average molecular weight is 312 g/mol. The van der Waals surface area contributed by atoms with E-state index in [4.69, 9.17) is 11.6 Å². The number of hydrogen-bond acceptors (Lipinski definition) is 1. The Labute approximate surface area is 133 Å². The highest BCUT2D eigenvalue weighted by Crippen LogP contribution is 2.34. The van der Waals surface area contributed by atoms with Crippen LogP contribution in [0.3, 0.4) is 0 Å². The normalized spacial score (nSPS) is 17.6. The summed E-state index contributed by atoms with van der Waals surface area (Å²) in [6.45, 7) is 6.50. The van der Waals surface area contributed by atoms with Crippen LogP contribution < -0.4 is 5.32 Å². The molecule has 2 rings (SSSR count). The molecule has 1 aliphatic rings. The highest BCUT2D eigenvalue weighted by atomic mass is 35.5. The van der Waals surface area contributed by atoms with E-state index in [1.807, 2.05) is 0 Å². The van der Waals surface area contributed by atoms with Crippen LogP contribution in [0.2, 0.25) is 5.02 Å². The second-order valence-corrected chi connectivity index (χ2v) is 7.20. The molecule has 1 fully saturated rings. The van der Waals surface area contributed by atoms with E-state index in [-0.39, 0.29) is 5.82 Å². The van der Waals surface area contributed by atoms with Crippen molar-refractivity contribution in [3.8, 4) is 0 Å². The molecule has 0 heterocycles. The topological polar surface area (TPSA) is 12.0 Å². The highest BCUT2D eigenvalue weighted by molar-refractivity contribution is 6.31. The van der Waals surface area contributed by atoms with Gasteiger partial charge in [-0.25, -0.2) is 4.39 Å². The molecule has 1 unspecified atom stereocenters. The largest absolute Gasteiger partial charge is 0.316 e. The molecule has 0 bridgehead atoms.